The number of nitrogens with two attached hydrogens (primary N) is 1. The summed E-state index contributed by atoms with van der Waals surface area (Å²) < 4.78 is 0. The summed E-state index contributed by atoms with van der Waals surface area (Å²) in [5.74, 6) is -0.391. The van der Waals surface area contributed by atoms with E-state index in [0.717, 1.165) is 34.7 Å². The summed E-state index contributed by atoms with van der Waals surface area (Å²) in [6.07, 6.45) is 7.18. The fourth-order valence-corrected chi connectivity index (χ4v) is 5.20. The Bertz CT molecular complexity index is 1440. The molecule has 1 aliphatic rings. The van der Waals surface area contributed by atoms with Crippen LogP contribution in [0.4, 0.5) is 0 Å². The van der Waals surface area contributed by atoms with E-state index in [0.29, 0.717) is 37.0 Å². The highest BCUT2D eigenvalue weighted by Gasteiger charge is 2.32. The van der Waals surface area contributed by atoms with E-state index in [1.165, 1.54) is 6.08 Å². The van der Waals surface area contributed by atoms with Crippen molar-refractivity contribution in [3.63, 3.8) is 0 Å². The second-order valence-corrected chi connectivity index (χ2v) is 12.4. The summed E-state index contributed by atoms with van der Waals surface area (Å²) in [6, 6.07) is 24.0. The van der Waals surface area contributed by atoms with Crippen LogP contribution in [-0.4, -0.2) is 71.0 Å². The fraction of sp³-hybridized carbons (Fsp3) is 0.400. The summed E-state index contributed by atoms with van der Waals surface area (Å²) in [6.45, 7) is 4.34. The molecule has 228 valence electrons. The van der Waals surface area contributed by atoms with Crippen molar-refractivity contribution in [2.45, 2.75) is 69.6 Å². The number of hydrogen-bond donors (Lipinski definition) is 3. The van der Waals surface area contributed by atoms with E-state index in [-0.39, 0.29) is 17.9 Å². The van der Waals surface area contributed by atoms with Crippen LogP contribution in [0.1, 0.15) is 44.2 Å². The van der Waals surface area contributed by atoms with E-state index in [1.54, 1.807) is 22.9 Å². The van der Waals surface area contributed by atoms with Gasteiger partial charge in [-0.3, -0.25) is 9.59 Å². The van der Waals surface area contributed by atoms with Crippen LogP contribution in [-0.2, 0) is 22.4 Å². The van der Waals surface area contributed by atoms with Crippen molar-refractivity contribution in [3.05, 3.63) is 96.1 Å². The van der Waals surface area contributed by atoms with E-state index in [2.05, 4.69) is 47.0 Å². The lowest BCUT2D eigenvalue weighted by atomic mass is 9.98. The molecule has 0 aliphatic heterocycles. The third-order valence-corrected chi connectivity index (χ3v) is 8.59. The molecule has 7 nitrogen and oxygen atoms in total. The van der Waals surface area contributed by atoms with Gasteiger partial charge >= 0.3 is 0 Å². The van der Waals surface area contributed by atoms with Crippen LogP contribution in [0, 0.1) is 0 Å². The van der Waals surface area contributed by atoms with Gasteiger partial charge in [0.1, 0.15) is 6.04 Å². The molecule has 1 unspecified atom stereocenters. The van der Waals surface area contributed by atoms with Gasteiger partial charge in [0.25, 0.3) is 0 Å². The van der Waals surface area contributed by atoms with Crippen LogP contribution in [0.5, 0.6) is 0 Å². The Morgan fingerprint density at radius 1 is 0.977 bits per heavy atom. The van der Waals surface area contributed by atoms with Crippen molar-refractivity contribution < 1.29 is 9.59 Å². The number of nitrogens with one attached hydrogen (secondary N) is 2. The number of nitrogens with zero attached hydrogens (tertiary/aromatic N) is 2. The Balaban J connectivity index is 1.60. The Labute approximate surface area is 261 Å². The summed E-state index contributed by atoms with van der Waals surface area (Å²) >= 11 is 5.53. The third-order valence-electron chi connectivity index (χ3n) is 8.33. The zero-order chi connectivity index (χ0) is 31.0. The number of thiocarbonyl (C=S) groups is 1. The second kappa shape index (κ2) is 14.6. The molecule has 0 bridgehead atoms. The maximum atomic E-state index is 14.4. The van der Waals surface area contributed by atoms with E-state index in [4.69, 9.17) is 18.0 Å². The molecule has 0 saturated heterocycles. The summed E-state index contributed by atoms with van der Waals surface area (Å²) in [4.78, 5) is 31.1. The van der Waals surface area contributed by atoms with Gasteiger partial charge in [0.15, 0.2) is 5.11 Å². The average molecular weight is 600 g/mol. The SMILES string of the molecule is CCC(C)(N)C=CC(=O)N(C)[C@H](Cc1ccc2ccccc2c1)C(=O)N(C)[C@@H](CNC(=S)NC1CC1)Cc1ccccc1. The smallest absolute Gasteiger partial charge is 0.246 e. The van der Waals surface area contributed by atoms with Gasteiger partial charge in [0.2, 0.25) is 11.8 Å². The number of hydrogen-bond acceptors (Lipinski definition) is 4. The molecule has 1 saturated carbocycles. The molecule has 43 heavy (non-hydrogen) atoms. The van der Waals surface area contributed by atoms with Gasteiger partial charge in [0, 0.05) is 44.7 Å². The zero-order valence-electron chi connectivity index (χ0n) is 25.8. The van der Waals surface area contributed by atoms with Crippen LogP contribution in [0.2, 0.25) is 0 Å². The fourth-order valence-electron chi connectivity index (χ4n) is 4.95. The highest BCUT2D eigenvalue weighted by atomic mass is 32.1. The van der Waals surface area contributed by atoms with Gasteiger partial charge in [-0.05, 0) is 66.7 Å². The summed E-state index contributed by atoms with van der Waals surface area (Å²) in [5, 5.41) is 9.49. The Morgan fingerprint density at radius 3 is 2.33 bits per heavy atom. The van der Waals surface area contributed by atoms with Gasteiger partial charge in [0.05, 0.1) is 6.04 Å². The molecule has 0 heterocycles. The topological polar surface area (TPSA) is 90.7 Å². The zero-order valence-corrected chi connectivity index (χ0v) is 26.6. The highest BCUT2D eigenvalue weighted by Crippen LogP contribution is 2.21. The van der Waals surface area contributed by atoms with E-state index in [9.17, 15) is 9.59 Å². The van der Waals surface area contributed by atoms with Crippen LogP contribution in [0.15, 0.2) is 84.9 Å². The minimum atomic E-state index is -0.719. The minimum Gasteiger partial charge on any atom is -0.361 e. The normalized spacial score (nSPS) is 15.8. The molecule has 3 aromatic rings. The molecule has 2 amide bonds. The number of fused-ring (bicyclic) bond motifs is 1. The number of likely N-dealkylation sites (N-methyl/N-ethyl adjacent to an activating group) is 2. The lowest BCUT2D eigenvalue weighted by Crippen LogP contribution is -2.55. The maximum absolute atomic E-state index is 14.4. The highest BCUT2D eigenvalue weighted by molar-refractivity contribution is 7.80. The lowest BCUT2D eigenvalue weighted by Gasteiger charge is -2.35. The van der Waals surface area contributed by atoms with Gasteiger partial charge in [-0.2, -0.15) is 0 Å². The molecular weight excluding hydrogens is 554 g/mol. The summed E-state index contributed by atoms with van der Waals surface area (Å²) in [5.41, 5.74) is 7.77. The lowest BCUT2D eigenvalue weighted by molar-refractivity contribution is -0.142. The van der Waals surface area contributed by atoms with Gasteiger partial charge in [-0.1, -0.05) is 85.8 Å². The van der Waals surface area contributed by atoms with Crippen molar-refractivity contribution in [1.29, 1.82) is 0 Å². The van der Waals surface area contributed by atoms with Gasteiger partial charge in [-0.15, -0.1) is 0 Å². The molecule has 1 fully saturated rings. The van der Waals surface area contributed by atoms with Gasteiger partial charge in [-0.25, -0.2) is 0 Å². The number of carbonyl (C=O) groups excluding carboxylic acids is 2. The standard InChI is InChI=1S/C35H45N5O2S/c1-5-35(2,36)20-19-32(41)40(4)31(23-26-15-16-27-13-9-10-14-28(27)21-26)33(42)39(3)30(22-25-11-7-6-8-12-25)24-37-34(43)38-29-17-18-29/h6-16,19-21,29-31H,5,17-18,22-24,36H2,1-4H3,(H2,37,38,43)/t30-,31-,35?/m1/s1. The Kier molecular flexibility index (Phi) is 10.9. The molecule has 0 radical (unpaired) electrons. The number of carbonyl (C=O) groups is 2. The van der Waals surface area contributed by atoms with E-state index >= 15 is 0 Å². The van der Waals surface area contributed by atoms with Crippen LogP contribution < -0.4 is 16.4 Å². The third kappa shape index (κ3) is 9.37. The first-order valence-electron chi connectivity index (χ1n) is 15.1. The van der Waals surface area contributed by atoms with Crippen molar-refractivity contribution in [2.24, 2.45) is 5.73 Å². The summed E-state index contributed by atoms with van der Waals surface area (Å²) in [7, 11) is 3.52. The van der Waals surface area contributed by atoms with Crippen molar-refractivity contribution in [1.82, 2.24) is 20.4 Å². The van der Waals surface area contributed by atoms with Crippen molar-refractivity contribution in [3.8, 4) is 0 Å². The first-order chi connectivity index (χ1) is 20.6. The van der Waals surface area contributed by atoms with E-state index < -0.39 is 11.6 Å². The molecule has 4 rings (SSSR count). The monoisotopic (exact) mass is 599 g/mol. The van der Waals surface area contributed by atoms with Crippen molar-refractivity contribution >= 4 is 39.9 Å². The largest absolute Gasteiger partial charge is 0.361 e. The quantitative estimate of drug-likeness (QED) is 0.197. The van der Waals surface area contributed by atoms with Crippen LogP contribution >= 0.6 is 12.2 Å². The van der Waals surface area contributed by atoms with Crippen molar-refractivity contribution in [2.75, 3.05) is 20.6 Å². The molecular formula is C35H45N5O2S. The minimum absolute atomic E-state index is 0.132. The first-order valence-corrected chi connectivity index (χ1v) is 15.5. The molecule has 3 aromatic carbocycles. The number of rotatable bonds is 13. The molecule has 0 spiro atoms. The van der Waals surface area contributed by atoms with Gasteiger partial charge < -0.3 is 26.2 Å². The molecule has 0 aromatic heterocycles. The first kappa shape index (κ1) is 32.2. The average Bonchev–Trinajstić information content (AvgIpc) is 3.84. The van der Waals surface area contributed by atoms with Crippen LogP contribution in [0.3, 0.4) is 0 Å². The second-order valence-electron chi connectivity index (χ2n) is 12.0. The maximum Gasteiger partial charge on any atom is 0.246 e. The predicted molar refractivity (Wildman–Crippen MR) is 180 cm³/mol. The Hall–Kier alpha value is -3.75. The number of amides is 2. The number of benzene rings is 3. The molecule has 4 N–H and O–H groups in total. The van der Waals surface area contributed by atoms with E-state index in [1.807, 2.05) is 57.3 Å². The molecule has 1 aliphatic carbocycles. The molecule has 3 atom stereocenters. The predicted octanol–water partition coefficient (Wildman–Crippen LogP) is 4.59. The molecule has 8 heteroatoms. The van der Waals surface area contributed by atoms with Crippen LogP contribution in [0.25, 0.3) is 10.8 Å². The Morgan fingerprint density at radius 2 is 1.65 bits per heavy atom.